The molecule has 0 aliphatic rings. The maximum atomic E-state index is 12.0. The largest absolute Gasteiger partial charge is 0.374 e. The molecule has 29 heavy (non-hydrogen) atoms. The summed E-state index contributed by atoms with van der Waals surface area (Å²) in [6.45, 7) is 4.55. The van der Waals surface area contributed by atoms with Gasteiger partial charge in [-0.25, -0.2) is 13.1 Å². The highest BCUT2D eigenvalue weighted by Gasteiger charge is 2.09. The Hall–Kier alpha value is -2.48. The summed E-state index contributed by atoms with van der Waals surface area (Å²) in [5, 5.41) is 3.74. The summed E-state index contributed by atoms with van der Waals surface area (Å²) < 4.78 is 31.9. The van der Waals surface area contributed by atoms with Crippen molar-refractivity contribution in [2.75, 3.05) is 19.7 Å². The van der Waals surface area contributed by atoms with Gasteiger partial charge in [-0.3, -0.25) is 4.79 Å². The first-order valence-corrected chi connectivity index (χ1v) is 11.1. The van der Waals surface area contributed by atoms with Gasteiger partial charge in [0.25, 0.3) is 0 Å². The molecule has 2 N–H and O–H groups in total. The highest BCUT2D eigenvalue weighted by Crippen LogP contribution is 2.15. The van der Waals surface area contributed by atoms with Crippen LogP contribution in [0.1, 0.15) is 36.1 Å². The fraction of sp³-hybridized carbons (Fsp3) is 0.318. The summed E-state index contributed by atoms with van der Waals surface area (Å²) in [6, 6.07) is 17.4. The summed E-state index contributed by atoms with van der Waals surface area (Å²) >= 11 is 0. The summed E-state index contributed by atoms with van der Waals surface area (Å²) in [6.07, 6.45) is 2.12. The first kappa shape index (κ1) is 22.8. The quantitative estimate of drug-likeness (QED) is 0.551. The maximum absolute atomic E-state index is 12.0. The number of hydrogen-bond acceptors (Lipinski definition) is 4. The second-order valence-electron chi connectivity index (χ2n) is 6.71. The number of carbonyl (C=O) groups excluding carboxylic acids is 1. The topological polar surface area (TPSA) is 84.5 Å². The third-order valence-corrected chi connectivity index (χ3v) is 5.27. The van der Waals surface area contributed by atoms with E-state index in [9.17, 15) is 13.2 Å². The number of nitrogens with one attached hydrogen (secondary N) is 2. The van der Waals surface area contributed by atoms with Crippen molar-refractivity contribution < 1.29 is 17.9 Å². The van der Waals surface area contributed by atoms with E-state index >= 15 is 0 Å². The maximum Gasteiger partial charge on any atom is 0.235 e. The zero-order valence-corrected chi connectivity index (χ0v) is 17.6. The third-order valence-electron chi connectivity index (χ3n) is 4.23. The van der Waals surface area contributed by atoms with Gasteiger partial charge >= 0.3 is 0 Å². The van der Waals surface area contributed by atoms with Gasteiger partial charge in [-0.05, 0) is 37.5 Å². The van der Waals surface area contributed by atoms with E-state index in [1.807, 2.05) is 68.4 Å². The molecular weight excluding hydrogens is 388 g/mol. The predicted molar refractivity (Wildman–Crippen MR) is 116 cm³/mol. The lowest BCUT2D eigenvalue weighted by Gasteiger charge is -2.13. The van der Waals surface area contributed by atoms with Gasteiger partial charge in [0.05, 0.1) is 12.6 Å². The molecule has 0 bridgehead atoms. The van der Waals surface area contributed by atoms with E-state index in [4.69, 9.17) is 4.74 Å². The van der Waals surface area contributed by atoms with Crippen LogP contribution in [0.2, 0.25) is 0 Å². The van der Waals surface area contributed by atoms with Crippen molar-refractivity contribution in [3.63, 3.8) is 0 Å². The van der Waals surface area contributed by atoms with E-state index < -0.39 is 10.0 Å². The molecule has 7 heteroatoms. The van der Waals surface area contributed by atoms with E-state index in [1.54, 1.807) is 0 Å². The number of carbonyl (C=O) groups is 1. The normalized spacial score (nSPS) is 12.8. The minimum absolute atomic E-state index is 0.0148. The van der Waals surface area contributed by atoms with Crippen LogP contribution in [0.4, 0.5) is 0 Å². The van der Waals surface area contributed by atoms with E-state index in [0.29, 0.717) is 19.6 Å². The number of hydrogen-bond donors (Lipinski definition) is 2. The van der Waals surface area contributed by atoms with E-state index in [0.717, 1.165) is 22.1 Å². The number of ether oxygens (including phenoxy) is 1. The van der Waals surface area contributed by atoms with Crippen molar-refractivity contribution in [3.8, 4) is 0 Å². The minimum Gasteiger partial charge on any atom is -0.374 e. The molecular formula is C22H28N2O4S. The fourth-order valence-electron chi connectivity index (χ4n) is 2.50. The van der Waals surface area contributed by atoms with E-state index in [-0.39, 0.29) is 18.6 Å². The first-order valence-electron chi connectivity index (χ1n) is 9.53. The van der Waals surface area contributed by atoms with E-state index in [1.165, 1.54) is 6.08 Å². The number of sulfonamides is 1. The molecule has 2 aromatic carbocycles. The van der Waals surface area contributed by atoms with Gasteiger partial charge < -0.3 is 10.1 Å². The molecule has 1 atom stereocenters. The standard InChI is InChI=1S/C22H28N2O4S/c1-18-9-11-20(12-10-18)13-16-29(26,27)24-17-22(25)23-14-6-15-28-19(2)21-7-4-3-5-8-21/h3-5,7-13,16,19,24H,6,14-15,17H2,1-2H3,(H,23,25)/b16-13+. The molecule has 0 aliphatic carbocycles. The van der Waals surface area contributed by atoms with Crippen molar-refractivity contribution in [2.24, 2.45) is 0 Å². The van der Waals surface area contributed by atoms with Crippen LogP contribution in [0.15, 0.2) is 60.0 Å². The van der Waals surface area contributed by atoms with Gasteiger partial charge in [-0.15, -0.1) is 0 Å². The summed E-state index contributed by atoms with van der Waals surface area (Å²) in [5.74, 6) is -0.381. The number of amides is 1. The van der Waals surface area contributed by atoms with Gasteiger partial charge in [0.15, 0.2) is 0 Å². The molecule has 0 saturated carbocycles. The highest BCUT2D eigenvalue weighted by atomic mass is 32.2. The Labute approximate surface area is 173 Å². The van der Waals surface area contributed by atoms with Crippen LogP contribution in [-0.4, -0.2) is 34.0 Å². The van der Waals surface area contributed by atoms with Crippen LogP contribution in [-0.2, 0) is 19.6 Å². The van der Waals surface area contributed by atoms with Crippen LogP contribution < -0.4 is 10.0 Å². The SMILES string of the molecule is Cc1ccc(/C=C/S(=O)(=O)NCC(=O)NCCCOC(C)c2ccccc2)cc1. The van der Waals surface area contributed by atoms with Crippen molar-refractivity contribution >= 4 is 22.0 Å². The van der Waals surface area contributed by atoms with Gasteiger partial charge in [-0.1, -0.05) is 60.2 Å². The highest BCUT2D eigenvalue weighted by molar-refractivity contribution is 7.92. The Kier molecular flexibility index (Phi) is 9.05. The molecule has 6 nitrogen and oxygen atoms in total. The third kappa shape index (κ3) is 9.04. The van der Waals surface area contributed by atoms with Crippen molar-refractivity contribution in [1.82, 2.24) is 10.0 Å². The Morgan fingerprint density at radius 2 is 1.79 bits per heavy atom. The average Bonchev–Trinajstić information content (AvgIpc) is 2.72. The van der Waals surface area contributed by atoms with Gasteiger partial charge in [-0.2, -0.15) is 0 Å². The molecule has 0 fully saturated rings. The molecule has 0 aromatic heterocycles. The van der Waals surface area contributed by atoms with Gasteiger partial charge in [0.1, 0.15) is 0 Å². The molecule has 2 aromatic rings. The van der Waals surface area contributed by atoms with Crippen LogP contribution in [0, 0.1) is 6.92 Å². The van der Waals surface area contributed by atoms with Crippen molar-refractivity contribution in [2.45, 2.75) is 26.4 Å². The average molecular weight is 417 g/mol. The molecule has 0 saturated heterocycles. The monoisotopic (exact) mass is 416 g/mol. The van der Waals surface area contributed by atoms with Crippen LogP contribution in [0.3, 0.4) is 0 Å². The fourth-order valence-corrected chi connectivity index (χ4v) is 3.27. The van der Waals surface area contributed by atoms with Gasteiger partial charge in [0, 0.05) is 18.6 Å². The number of rotatable bonds is 11. The first-order chi connectivity index (χ1) is 13.9. The molecule has 0 aliphatic heterocycles. The smallest absolute Gasteiger partial charge is 0.235 e. The zero-order chi connectivity index (χ0) is 21.1. The second kappa shape index (κ2) is 11.5. The second-order valence-corrected chi connectivity index (χ2v) is 8.36. The Balaban J connectivity index is 1.63. The Morgan fingerprint density at radius 1 is 1.10 bits per heavy atom. The lowest BCUT2D eigenvalue weighted by molar-refractivity contribution is -0.120. The molecule has 1 amide bonds. The summed E-state index contributed by atoms with van der Waals surface area (Å²) in [5.41, 5.74) is 2.97. The lowest BCUT2D eigenvalue weighted by atomic mass is 10.1. The summed E-state index contributed by atoms with van der Waals surface area (Å²) in [4.78, 5) is 11.8. The van der Waals surface area contributed by atoms with Crippen LogP contribution >= 0.6 is 0 Å². The molecule has 2 rings (SSSR count). The van der Waals surface area contributed by atoms with Crippen molar-refractivity contribution in [1.29, 1.82) is 0 Å². The van der Waals surface area contributed by atoms with Gasteiger partial charge in [0.2, 0.25) is 15.9 Å². The zero-order valence-electron chi connectivity index (χ0n) is 16.8. The lowest BCUT2D eigenvalue weighted by Crippen LogP contribution is -2.36. The van der Waals surface area contributed by atoms with Crippen LogP contribution in [0.5, 0.6) is 0 Å². The Bertz CT molecular complexity index is 894. The molecule has 156 valence electrons. The number of benzene rings is 2. The molecule has 1 unspecified atom stereocenters. The molecule has 0 spiro atoms. The molecule has 0 heterocycles. The molecule has 0 radical (unpaired) electrons. The Morgan fingerprint density at radius 3 is 2.48 bits per heavy atom. The predicted octanol–water partition coefficient (Wildman–Crippen LogP) is 3.17. The van der Waals surface area contributed by atoms with Crippen molar-refractivity contribution in [3.05, 3.63) is 76.7 Å². The summed E-state index contributed by atoms with van der Waals surface area (Å²) in [7, 11) is -3.68. The van der Waals surface area contributed by atoms with E-state index in [2.05, 4.69) is 10.0 Å². The number of aryl methyl sites for hydroxylation is 1. The van der Waals surface area contributed by atoms with Crippen LogP contribution in [0.25, 0.3) is 6.08 Å². The minimum atomic E-state index is -3.68.